The summed E-state index contributed by atoms with van der Waals surface area (Å²) in [5.74, 6) is 0. The van der Waals surface area contributed by atoms with Crippen LogP contribution in [0.25, 0.3) is 0 Å². The highest BCUT2D eigenvalue weighted by molar-refractivity contribution is 5.13. The van der Waals surface area contributed by atoms with Crippen LogP contribution in [0.4, 0.5) is 0 Å². The highest BCUT2D eigenvalue weighted by Gasteiger charge is 2.59. The fraction of sp³-hybridized carbons (Fsp3) is 0.667. The average Bonchev–Trinajstić information content (AvgIpc) is 2.40. The van der Waals surface area contributed by atoms with Gasteiger partial charge in [0.2, 0.25) is 0 Å². The molecule has 4 nitrogen and oxygen atoms in total. The van der Waals surface area contributed by atoms with Crippen molar-refractivity contribution in [3.63, 3.8) is 0 Å². The van der Waals surface area contributed by atoms with Crippen molar-refractivity contribution in [1.29, 1.82) is 0 Å². The van der Waals surface area contributed by atoms with Gasteiger partial charge in [0.25, 0.3) is 0 Å². The van der Waals surface area contributed by atoms with Crippen molar-refractivity contribution < 1.29 is 9.84 Å². The Balaban J connectivity index is 1.83. The van der Waals surface area contributed by atoms with E-state index in [-0.39, 0.29) is 11.5 Å². The zero-order chi connectivity index (χ0) is 13.9. The van der Waals surface area contributed by atoms with Crippen LogP contribution in [0, 0.1) is 5.41 Å². The minimum Gasteiger partial charge on any atom is -0.388 e. The molecule has 0 aliphatic heterocycles. The molecule has 1 aromatic heterocycles. The van der Waals surface area contributed by atoms with Gasteiger partial charge in [0.1, 0.15) is 0 Å². The van der Waals surface area contributed by atoms with Gasteiger partial charge in [-0.2, -0.15) is 0 Å². The molecule has 0 saturated heterocycles. The molecule has 106 valence electrons. The van der Waals surface area contributed by atoms with Gasteiger partial charge in [-0.05, 0) is 24.6 Å². The number of aliphatic hydroxyl groups is 1. The summed E-state index contributed by atoms with van der Waals surface area (Å²) in [5, 5.41) is 14.0. The normalized spacial score (nSPS) is 28.9. The molecule has 2 rings (SSSR count). The lowest BCUT2D eigenvalue weighted by atomic mass is 9.56. The fourth-order valence-electron chi connectivity index (χ4n) is 2.68. The van der Waals surface area contributed by atoms with E-state index < -0.39 is 5.60 Å². The summed E-state index contributed by atoms with van der Waals surface area (Å²) in [6.07, 6.45) is 4.43. The largest absolute Gasteiger partial charge is 0.388 e. The molecule has 0 amide bonds. The Hall–Kier alpha value is -0.970. The summed E-state index contributed by atoms with van der Waals surface area (Å²) >= 11 is 0. The summed E-state index contributed by atoms with van der Waals surface area (Å²) in [7, 11) is 0. The van der Waals surface area contributed by atoms with E-state index in [1.807, 2.05) is 19.1 Å². The average molecular weight is 264 g/mol. The van der Waals surface area contributed by atoms with Crippen LogP contribution >= 0.6 is 0 Å². The molecule has 4 heteroatoms. The summed E-state index contributed by atoms with van der Waals surface area (Å²) in [6, 6.07) is 3.96. The van der Waals surface area contributed by atoms with Gasteiger partial charge in [0.05, 0.1) is 11.7 Å². The molecule has 0 radical (unpaired) electrons. The number of aromatic nitrogens is 1. The quantitative estimate of drug-likeness (QED) is 0.821. The highest BCUT2D eigenvalue weighted by atomic mass is 16.5. The fourth-order valence-corrected chi connectivity index (χ4v) is 2.68. The molecular formula is C15H24N2O2. The van der Waals surface area contributed by atoms with Crippen molar-refractivity contribution in [2.75, 3.05) is 13.2 Å². The van der Waals surface area contributed by atoms with Crippen molar-refractivity contribution >= 4 is 0 Å². The Kier molecular flexibility index (Phi) is 4.23. The molecular weight excluding hydrogens is 240 g/mol. The van der Waals surface area contributed by atoms with Crippen molar-refractivity contribution in [3.8, 4) is 0 Å². The predicted molar refractivity (Wildman–Crippen MR) is 74.7 cm³/mol. The van der Waals surface area contributed by atoms with Gasteiger partial charge in [-0.3, -0.25) is 4.98 Å². The topological polar surface area (TPSA) is 54.4 Å². The van der Waals surface area contributed by atoms with Gasteiger partial charge < -0.3 is 15.2 Å². The maximum absolute atomic E-state index is 10.7. The summed E-state index contributed by atoms with van der Waals surface area (Å²) in [6.45, 7) is 8.19. The second-order valence-electron chi connectivity index (χ2n) is 5.86. The third-order valence-corrected chi connectivity index (χ3v) is 4.39. The molecule has 0 spiro atoms. The Labute approximate surface area is 115 Å². The number of nitrogens with one attached hydrogen (secondary N) is 1. The molecule has 1 saturated carbocycles. The van der Waals surface area contributed by atoms with Crippen LogP contribution in [0.5, 0.6) is 0 Å². The van der Waals surface area contributed by atoms with E-state index in [0.717, 1.165) is 6.54 Å². The van der Waals surface area contributed by atoms with Gasteiger partial charge in [-0.25, -0.2) is 0 Å². The van der Waals surface area contributed by atoms with E-state index in [1.165, 1.54) is 5.56 Å². The lowest BCUT2D eigenvalue weighted by Crippen LogP contribution is -2.68. The van der Waals surface area contributed by atoms with E-state index in [1.54, 1.807) is 12.4 Å². The minimum atomic E-state index is -0.681. The Bertz CT molecular complexity index is 408. The van der Waals surface area contributed by atoms with Crippen molar-refractivity contribution in [3.05, 3.63) is 30.1 Å². The van der Waals surface area contributed by atoms with Gasteiger partial charge in [-0.15, -0.1) is 0 Å². The first kappa shape index (κ1) is 14.4. The summed E-state index contributed by atoms with van der Waals surface area (Å²) in [5.41, 5.74) is 0.297. The third-order valence-electron chi connectivity index (χ3n) is 4.39. The first-order valence-corrected chi connectivity index (χ1v) is 6.93. The summed E-state index contributed by atoms with van der Waals surface area (Å²) < 4.78 is 5.66. The predicted octanol–water partition coefficient (Wildman–Crippen LogP) is 1.74. The van der Waals surface area contributed by atoms with Crippen LogP contribution < -0.4 is 5.32 Å². The highest BCUT2D eigenvalue weighted by Crippen LogP contribution is 2.50. The van der Waals surface area contributed by atoms with Crippen LogP contribution in [0.15, 0.2) is 24.5 Å². The SMILES string of the molecule is CCO[C@H]1C[C@@](O)(CNCc2ccncc2)C1(C)C. The zero-order valence-electron chi connectivity index (χ0n) is 12.0. The molecule has 2 N–H and O–H groups in total. The number of pyridine rings is 1. The number of nitrogens with zero attached hydrogens (tertiary/aromatic N) is 1. The number of rotatable bonds is 6. The molecule has 0 bridgehead atoms. The van der Waals surface area contributed by atoms with Crippen molar-refractivity contribution in [2.24, 2.45) is 5.41 Å². The maximum atomic E-state index is 10.7. The monoisotopic (exact) mass is 264 g/mol. The smallest absolute Gasteiger partial charge is 0.0871 e. The van der Waals surface area contributed by atoms with Crippen LogP contribution in [0.1, 0.15) is 32.8 Å². The molecule has 0 unspecified atom stereocenters. The molecule has 1 fully saturated rings. The zero-order valence-corrected chi connectivity index (χ0v) is 12.0. The molecule has 2 atom stereocenters. The van der Waals surface area contributed by atoms with Crippen LogP contribution in [-0.4, -0.2) is 34.9 Å². The lowest BCUT2D eigenvalue weighted by molar-refractivity contribution is -0.238. The van der Waals surface area contributed by atoms with Crippen molar-refractivity contribution in [2.45, 2.75) is 45.4 Å². The first-order valence-electron chi connectivity index (χ1n) is 6.93. The summed E-state index contributed by atoms with van der Waals surface area (Å²) in [4.78, 5) is 3.99. The van der Waals surface area contributed by atoms with Gasteiger partial charge >= 0.3 is 0 Å². The number of hydrogen-bond donors (Lipinski definition) is 2. The molecule has 0 aromatic carbocycles. The second-order valence-corrected chi connectivity index (χ2v) is 5.86. The van der Waals surface area contributed by atoms with Gasteiger partial charge in [-0.1, -0.05) is 13.8 Å². The number of hydrogen-bond acceptors (Lipinski definition) is 4. The second kappa shape index (κ2) is 5.57. The number of ether oxygens (including phenoxy) is 1. The third kappa shape index (κ3) is 2.81. The van der Waals surface area contributed by atoms with Crippen LogP contribution in [0.2, 0.25) is 0 Å². The lowest BCUT2D eigenvalue weighted by Gasteiger charge is -2.58. The molecule has 1 aromatic rings. The van der Waals surface area contributed by atoms with E-state index in [9.17, 15) is 5.11 Å². The first-order chi connectivity index (χ1) is 8.99. The Morgan fingerprint density at radius 1 is 1.42 bits per heavy atom. The molecule has 1 aliphatic carbocycles. The Morgan fingerprint density at radius 2 is 2.11 bits per heavy atom. The van der Waals surface area contributed by atoms with Crippen molar-refractivity contribution in [1.82, 2.24) is 10.3 Å². The maximum Gasteiger partial charge on any atom is 0.0871 e. The Morgan fingerprint density at radius 3 is 2.68 bits per heavy atom. The minimum absolute atomic E-state index is 0.158. The van der Waals surface area contributed by atoms with E-state index in [2.05, 4.69) is 24.1 Å². The molecule has 19 heavy (non-hydrogen) atoms. The van der Waals surface area contributed by atoms with Crippen LogP contribution in [-0.2, 0) is 11.3 Å². The van der Waals surface area contributed by atoms with Gasteiger partial charge in [0, 0.05) is 43.9 Å². The van der Waals surface area contributed by atoms with E-state index in [0.29, 0.717) is 19.6 Å². The molecule has 1 aliphatic rings. The van der Waals surface area contributed by atoms with E-state index in [4.69, 9.17) is 4.74 Å². The van der Waals surface area contributed by atoms with Crippen LogP contribution in [0.3, 0.4) is 0 Å². The standard InChI is InChI=1S/C15H24N2O2/c1-4-19-13-9-15(18,14(13,2)3)11-17-10-12-5-7-16-8-6-12/h5-8,13,17-18H,4,9-11H2,1-3H3/t13-,15+/m0/s1. The van der Waals surface area contributed by atoms with Gasteiger partial charge in [0.15, 0.2) is 0 Å². The molecule has 1 heterocycles. The van der Waals surface area contributed by atoms with E-state index >= 15 is 0 Å².